The van der Waals surface area contributed by atoms with Crippen LogP contribution in [-0.4, -0.2) is 41.4 Å². The van der Waals surface area contributed by atoms with Crippen LogP contribution in [0.3, 0.4) is 0 Å². The average Bonchev–Trinajstić information content (AvgIpc) is 3.37. The predicted octanol–water partition coefficient (Wildman–Crippen LogP) is 2.87. The quantitative estimate of drug-likeness (QED) is 0.684. The summed E-state index contributed by atoms with van der Waals surface area (Å²) < 4.78 is 29.5. The normalized spacial score (nSPS) is 19.5. The molecule has 2 aromatic carbocycles. The first-order valence-corrected chi connectivity index (χ1v) is 11.1. The highest BCUT2D eigenvalue weighted by atomic mass is 32.2. The summed E-state index contributed by atoms with van der Waals surface area (Å²) in [6.07, 6.45) is 3.01. The van der Waals surface area contributed by atoms with E-state index in [0.29, 0.717) is 18.7 Å². The van der Waals surface area contributed by atoms with Gasteiger partial charge in [-0.05, 0) is 30.2 Å². The standard InChI is InChI=1S/C22H23N5O2S/c1-16-18(11-23)9-6-10-20(16)25-21-13-27(12-19(21)17-7-4-3-5-8-17)30(28,29)22-14-26(2)15-24-22/h3-10,14-15,19,21,25H,12-13H2,1-2H3/t19-,21+/m1/s1. The zero-order chi connectivity index (χ0) is 21.3. The van der Waals surface area contributed by atoms with Gasteiger partial charge in [0.1, 0.15) is 0 Å². The van der Waals surface area contributed by atoms with E-state index in [1.807, 2.05) is 49.4 Å². The van der Waals surface area contributed by atoms with Gasteiger partial charge in [-0.2, -0.15) is 9.57 Å². The van der Waals surface area contributed by atoms with Gasteiger partial charge in [0, 0.05) is 44.0 Å². The minimum Gasteiger partial charge on any atom is -0.380 e. The third-order valence-electron chi connectivity index (χ3n) is 5.59. The topological polar surface area (TPSA) is 91.0 Å². The Bertz CT molecular complexity index is 1200. The molecular weight excluding hydrogens is 398 g/mol. The Hall–Kier alpha value is -3.15. The largest absolute Gasteiger partial charge is 0.380 e. The van der Waals surface area contributed by atoms with Gasteiger partial charge in [0.05, 0.1) is 18.0 Å². The lowest BCUT2D eigenvalue weighted by Gasteiger charge is -2.22. The molecule has 1 N–H and O–H groups in total. The number of hydrogen-bond donors (Lipinski definition) is 1. The lowest BCUT2D eigenvalue weighted by molar-refractivity contribution is 0.468. The van der Waals surface area contributed by atoms with Crippen LogP contribution in [0.4, 0.5) is 5.69 Å². The molecule has 2 atom stereocenters. The lowest BCUT2D eigenvalue weighted by Crippen LogP contribution is -2.32. The van der Waals surface area contributed by atoms with Crippen molar-refractivity contribution in [2.75, 3.05) is 18.4 Å². The van der Waals surface area contributed by atoms with Crippen molar-refractivity contribution in [1.29, 1.82) is 5.26 Å². The summed E-state index contributed by atoms with van der Waals surface area (Å²) in [4.78, 5) is 4.05. The first kappa shape index (κ1) is 20.1. The van der Waals surface area contributed by atoms with Gasteiger partial charge in [0.15, 0.2) is 5.03 Å². The summed E-state index contributed by atoms with van der Waals surface area (Å²) in [5.74, 6) is -0.0326. The molecule has 3 aromatic rings. The van der Waals surface area contributed by atoms with Crippen LogP contribution in [-0.2, 0) is 17.1 Å². The number of aryl methyl sites for hydroxylation is 1. The van der Waals surface area contributed by atoms with Crippen molar-refractivity contribution in [3.63, 3.8) is 0 Å². The highest BCUT2D eigenvalue weighted by Gasteiger charge is 2.41. The van der Waals surface area contributed by atoms with Gasteiger partial charge in [-0.1, -0.05) is 36.4 Å². The summed E-state index contributed by atoms with van der Waals surface area (Å²) >= 11 is 0. The minimum absolute atomic E-state index is 0.0326. The zero-order valence-electron chi connectivity index (χ0n) is 16.9. The van der Waals surface area contributed by atoms with Gasteiger partial charge in [0.25, 0.3) is 10.0 Å². The zero-order valence-corrected chi connectivity index (χ0v) is 17.7. The molecule has 1 aromatic heterocycles. The van der Waals surface area contributed by atoms with E-state index in [9.17, 15) is 13.7 Å². The van der Waals surface area contributed by atoms with Crippen LogP contribution < -0.4 is 5.32 Å². The number of hydrogen-bond acceptors (Lipinski definition) is 5. The average molecular weight is 422 g/mol. The first-order chi connectivity index (χ1) is 14.4. The van der Waals surface area contributed by atoms with E-state index >= 15 is 0 Å². The summed E-state index contributed by atoms with van der Waals surface area (Å²) in [6.45, 7) is 2.57. The number of nitriles is 1. The van der Waals surface area contributed by atoms with Gasteiger partial charge in [-0.3, -0.25) is 0 Å². The molecule has 0 aliphatic carbocycles. The fourth-order valence-corrected chi connectivity index (χ4v) is 5.37. The van der Waals surface area contributed by atoms with Crippen molar-refractivity contribution in [1.82, 2.24) is 13.9 Å². The number of imidazole rings is 1. The summed E-state index contributed by atoms with van der Waals surface area (Å²) in [5, 5.41) is 12.9. The summed E-state index contributed by atoms with van der Waals surface area (Å²) in [7, 11) is -1.95. The van der Waals surface area contributed by atoms with Gasteiger partial charge >= 0.3 is 0 Å². The van der Waals surface area contributed by atoms with E-state index in [1.54, 1.807) is 17.7 Å². The molecule has 0 bridgehead atoms. The van der Waals surface area contributed by atoms with Crippen LogP contribution in [0.25, 0.3) is 0 Å². The minimum atomic E-state index is -3.70. The van der Waals surface area contributed by atoms with Crippen LogP contribution in [0.5, 0.6) is 0 Å². The second-order valence-electron chi connectivity index (χ2n) is 7.56. The second-order valence-corrected chi connectivity index (χ2v) is 9.44. The van der Waals surface area contributed by atoms with Crippen molar-refractivity contribution in [2.45, 2.75) is 23.9 Å². The third-order valence-corrected chi connectivity index (χ3v) is 7.31. The molecule has 30 heavy (non-hydrogen) atoms. The van der Waals surface area contributed by atoms with Gasteiger partial charge in [-0.25, -0.2) is 13.4 Å². The molecule has 0 radical (unpaired) electrons. The van der Waals surface area contributed by atoms with Crippen molar-refractivity contribution < 1.29 is 8.42 Å². The maximum atomic E-state index is 13.2. The predicted molar refractivity (Wildman–Crippen MR) is 114 cm³/mol. The van der Waals surface area contributed by atoms with Gasteiger partial charge < -0.3 is 9.88 Å². The molecule has 1 aliphatic rings. The summed E-state index contributed by atoms with van der Waals surface area (Å²) in [6, 6.07) is 17.5. The lowest BCUT2D eigenvalue weighted by atomic mass is 9.94. The van der Waals surface area contributed by atoms with E-state index in [2.05, 4.69) is 16.4 Å². The molecule has 8 heteroatoms. The number of nitrogens with one attached hydrogen (secondary N) is 1. The van der Waals surface area contributed by atoms with E-state index in [-0.39, 0.29) is 17.0 Å². The number of rotatable bonds is 5. The molecule has 0 saturated carbocycles. The highest BCUT2D eigenvalue weighted by molar-refractivity contribution is 7.89. The molecule has 4 rings (SSSR count). The number of nitrogens with zero attached hydrogens (tertiary/aromatic N) is 4. The van der Waals surface area contributed by atoms with Gasteiger partial charge in [0.2, 0.25) is 0 Å². The van der Waals surface area contributed by atoms with Crippen molar-refractivity contribution in [3.05, 3.63) is 77.7 Å². The fraction of sp³-hybridized carbons (Fsp3) is 0.273. The Balaban J connectivity index is 1.68. The highest BCUT2D eigenvalue weighted by Crippen LogP contribution is 2.34. The third kappa shape index (κ3) is 3.70. The van der Waals surface area contributed by atoms with Crippen LogP contribution in [0.1, 0.15) is 22.6 Å². The maximum absolute atomic E-state index is 13.2. The molecule has 7 nitrogen and oxygen atoms in total. The Labute approximate surface area is 176 Å². The number of aromatic nitrogens is 2. The van der Waals surface area contributed by atoms with E-state index in [4.69, 9.17) is 0 Å². The number of sulfonamides is 1. The first-order valence-electron chi connectivity index (χ1n) is 9.69. The van der Waals surface area contributed by atoms with Crippen LogP contribution in [0.2, 0.25) is 0 Å². The van der Waals surface area contributed by atoms with Crippen molar-refractivity contribution in [2.24, 2.45) is 7.05 Å². The monoisotopic (exact) mass is 421 g/mol. The SMILES string of the molecule is Cc1c(C#N)cccc1N[C@H]1CN(S(=O)(=O)c2cn(C)cn2)C[C@@H]1c1ccccc1. The van der Waals surface area contributed by atoms with E-state index in [1.165, 1.54) is 16.8 Å². The molecule has 1 fully saturated rings. The molecule has 1 saturated heterocycles. The maximum Gasteiger partial charge on any atom is 0.262 e. The Kier molecular flexibility index (Phi) is 5.33. The van der Waals surface area contributed by atoms with Crippen LogP contribution in [0, 0.1) is 18.3 Å². The molecule has 1 aliphatic heterocycles. The Morgan fingerprint density at radius 3 is 2.57 bits per heavy atom. The van der Waals surface area contributed by atoms with Crippen LogP contribution >= 0.6 is 0 Å². The second kappa shape index (κ2) is 7.94. The Morgan fingerprint density at radius 1 is 1.13 bits per heavy atom. The number of benzene rings is 2. The van der Waals surface area contributed by atoms with Crippen LogP contribution in [0.15, 0.2) is 66.1 Å². The van der Waals surface area contributed by atoms with E-state index in [0.717, 1.165) is 16.8 Å². The molecule has 0 unspecified atom stereocenters. The van der Waals surface area contributed by atoms with Gasteiger partial charge in [-0.15, -0.1) is 0 Å². The molecule has 2 heterocycles. The Morgan fingerprint density at radius 2 is 1.90 bits per heavy atom. The molecule has 0 amide bonds. The molecular formula is C22H23N5O2S. The molecule has 0 spiro atoms. The number of anilines is 1. The smallest absolute Gasteiger partial charge is 0.262 e. The van der Waals surface area contributed by atoms with Crippen molar-refractivity contribution >= 4 is 15.7 Å². The van der Waals surface area contributed by atoms with E-state index < -0.39 is 10.0 Å². The summed E-state index contributed by atoms with van der Waals surface area (Å²) in [5.41, 5.74) is 3.38. The molecule has 154 valence electrons. The van der Waals surface area contributed by atoms with Crippen molar-refractivity contribution in [3.8, 4) is 6.07 Å². The fourth-order valence-electron chi connectivity index (χ4n) is 3.92.